The average molecular weight is 317 g/mol. The minimum absolute atomic E-state index is 0.116. The molecular weight excluding hydrogens is 302 g/mol. The van der Waals surface area contributed by atoms with Gasteiger partial charge in [0, 0.05) is 5.56 Å². The molecule has 0 aliphatic rings. The SMILES string of the molecule is NNC(N)=S.O=Cc1cccc(OC(=O)c2ccccc2)c1. The van der Waals surface area contributed by atoms with E-state index in [2.05, 4.69) is 18.1 Å². The first-order chi connectivity index (χ1) is 10.6. The summed E-state index contributed by atoms with van der Waals surface area (Å²) < 4.78 is 5.15. The molecule has 0 heterocycles. The quantitative estimate of drug-likeness (QED) is 0.196. The van der Waals surface area contributed by atoms with E-state index in [0.717, 1.165) is 0 Å². The molecule has 0 amide bonds. The Morgan fingerprint density at radius 3 is 2.32 bits per heavy atom. The second-order valence-corrected chi connectivity index (χ2v) is 4.39. The van der Waals surface area contributed by atoms with Crippen molar-refractivity contribution in [3.05, 3.63) is 65.7 Å². The zero-order valence-corrected chi connectivity index (χ0v) is 12.4. The van der Waals surface area contributed by atoms with E-state index in [4.69, 9.17) is 10.5 Å². The van der Waals surface area contributed by atoms with Crippen molar-refractivity contribution in [2.75, 3.05) is 0 Å². The van der Waals surface area contributed by atoms with Gasteiger partial charge >= 0.3 is 5.97 Å². The van der Waals surface area contributed by atoms with Crippen molar-refractivity contribution in [1.29, 1.82) is 0 Å². The van der Waals surface area contributed by atoms with Gasteiger partial charge in [-0.25, -0.2) is 10.6 Å². The van der Waals surface area contributed by atoms with Crippen molar-refractivity contribution in [2.24, 2.45) is 11.6 Å². The second-order valence-electron chi connectivity index (χ2n) is 3.95. The zero-order valence-electron chi connectivity index (χ0n) is 11.6. The molecule has 0 bridgehead atoms. The molecule has 2 rings (SSSR count). The number of aldehydes is 1. The summed E-state index contributed by atoms with van der Waals surface area (Å²) >= 11 is 4.24. The van der Waals surface area contributed by atoms with Gasteiger partial charge in [-0.1, -0.05) is 30.3 Å². The summed E-state index contributed by atoms with van der Waals surface area (Å²) in [6.45, 7) is 0. The van der Waals surface area contributed by atoms with Gasteiger partial charge in [0.15, 0.2) is 5.11 Å². The van der Waals surface area contributed by atoms with Crippen molar-refractivity contribution >= 4 is 29.6 Å². The van der Waals surface area contributed by atoms with Crippen LogP contribution in [-0.4, -0.2) is 17.4 Å². The third-order valence-electron chi connectivity index (χ3n) is 2.36. The Labute approximate surface area is 133 Å². The maximum Gasteiger partial charge on any atom is 0.343 e. The molecule has 0 saturated heterocycles. The highest BCUT2D eigenvalue weighted by atomic mass is 32.1. The maximum atomic E-state index is 11.7. The van der Waals surface area contributed by atoms with Crippen LogP contribution < -0.4 is 21.7 Å². The number of thiocarbonyl (C=S) groups is 1. The fourth-order valence-electron chi connectivity index (χ4n) is 1.39. The molecule has 2 aromatic rings. The topological polar surface area (TPSA) is 107 Å². The van der Waals surface area contributed by atoms with Crippen LogP contribution in [0.4, 0.5) is 0 Å². The molecule has 0 saturated carbocycles. The molecule has 22 heavy (non-hydrogen) atoms. The molecule has 6 nitrogen and oxygen atoms in total. The van der Waals surface area contributed by atoms with E-state index in [1.165, 1.54) is 6.07 Å². The van der Waals surface area contributed by atoms with Gasteiger partial charge in [0.25, 0.3) is 0 Å². The average Bonchev–Trinajstić information content (AvgIpc) is 2.56. The highest BCUT2D eigenvalue weighted by Gasteiger charge is 2.07. The van der Waals surface area contributed by atoms with Crippen LogP contribution in [0.5, 0.6) is 5.75 Å². The van der Waals surface area contributed by atoms with Gasteiger partial charge in [0.1, 0.15) is 12.0 Å². The molecule has 2 aromatic carbocycles. The minimum atomic E-state index is -0.436. The number of rotatable bonds is 3. The van der Waals surface area contributed by atoms with Gasteiger partial charge in [-0.05, 0) is 36.5 Å². The van der Waals surface area contributed by atoms with Gasteiger partial charge in [0.05, 0.1) is 5.56 Å². The number of benzene rings is 2. The third-order valence-corrected chi connectivity index (χ3v) is 2.47. The van der Waals surface area contributed by atoms with E-state index in [9.17, 15) is 9.59 Å². The number of nitrogens with one attached hydrogen (secondary N) is 1. The van der Waals surface area contributed by atoms with Crippen LogP contribution in [0.2, 0.25) is 0 Å². The molecule has 0 fully saturated rings. The van der Waals surface area contributed by atoms with Crippen LogP contribution in [0.3, 0.4) is 0 Å². The first-order valence-corrected chi connectivity index (χ1v) is 6.56. The third kappa shape index (κ3) is 6.12. The van der Waals surface area contributed by atoms with Gasteiger partial charge < -0.3 is 15.9 Å². The molecule has 7 heteroatoms. The smallest absolute Gasteiger partial charge is 0.343 e. The Bertz CT molecular complexity index is 647. The van der Waals surface area contributed by atoms with E-state index in [0.29, 0.717) is 23.2 Å². The summed E-state index contributed by atoms with van der Waals surface area (Å²) in [5.74, 6) is 4.58. The van der Waals surface area contributed by atoms with Gasteiger partial charge in [-0.2, -0.15) is 0 Å². The molecule has 0 aromatic heterocycles. The first-order valence-electron chi connectivity index (χ1n) is 6.15. The summed E-state index contributed by atoms with van der Waals surface area (Å²) in [4.78, 5) is 22.3. The highest BCUT2D eigenvalue weighted by molar-refractivity contribution is 7.80. The van der Waals surface area contributed by atoms with Gasteiger partial charge in [-0.3, -0.25) is 4.79 Å². The van der Waals surface area contributed by atoms with Gasteiger partial charge in [0.2, 0.25) is 0 Å². The molecule has 0 aliphatic heterocycles. The largest absolute Gasteiger partial charge is 0.423 e. The zero-order chi connectivity index (χ0) is 16.4. The normalized spacial score (nSPS) is 8.95. The Balaban J connectivity index is 0.000000422. The molecule has 0 spiro atoms. The molecular formula is C15H15N3O3S. The number of hydrazine groups is 1. The van der Waals surface area contributed by atoms with Crippen LogP contribution in [0.25, 0.3) is 0 Å². The monoisotopic (exact) mass is 317 g/mol. The lowest BCUT2D eigenvalue weighted by Crippen LogP contribution is -2.34. The summed E-state index contributed by atoms with van der Waals surface area (Å²) in [6, 6.07) is 15.2. The Kier molecular flexibility index (Phi) is 7.24. The van der Waals surface area contributed by atoms with E-state index in [1.54, 1.807) is 42.5 Å². The lowest BCUT2D eigenvalue weighted by molar-refractivity contribution is 0.0734. The number of esters is 1. The standard InChI is InChI=1S/C14H10O3.CH5N3S/c15-10-11-5-4-8-13(9-11)17-14(16)12-6-2-1-3-7-12;2-1(5)4-3/h1-10H;3H2,(H3,2,4,5). The Hall–Kier alpha value is -2.77. The number of ether oxygens (including phenoxy) is 1. The van der Waals surface area contributed by atoms with Crippen molar-refractivity contribution in [3.63, 3.8) is 0 Å². The van der Waals surface area contributed by atoms with E-state index in [-0.39, 0.29) is 5.11 Å². The predicted molar refractivity (Wildman–Crippen MR) is 87.3 cm³/mol. The van der Waals surface area contributed by atoms with Crippen LogP contribution >= 0.6 is 12.2 Å². The van der Waals surface area contributed by atoms with E-state index < -0.39 is 5.97 Å². The van der Waals surface area contributed by atoms with Crippen molar-refractivity contribution in [2.45, 2.75) is 0 Å². The molecule has 0 aliphatic carbocycles. The highest BCUT2D eigenvalue weighted by Crippen LogP contribution is 2.14. The van der Waals surface area contributed by atoms with Crippen molar-refractivity contribution in [3.8, 4) is 5.75 Å². The number of carbonyl (C=O) groups excluding carboxylic acids is 2. The minimum Gasteiger partial charge on any atom is -0.423 e. The van der Waals surface area contributed by atoms with Crippen LogP contribution in [0, 0.1) is 0 Å². The fraction of sp³-hybridized carbons (Fsp3) is 0. The summed E-state index contributed by atoms with van der Waals surface area (Å²) in [6.07, 6.45) is 0.708. The van der Waals surface area contributed by atoms with Gasteiger partial charge in [-0.15, -0.1) is 0 Å². The van der Waals surface area contributed by atoms with E-state index >= 15 is 0 Å². The second kappa shape index (κ2) is 9.22. The van der Waals surface area contributed by atoms with E-state index in [1.807, 2.05) is 11.5 Å². The lowest BCUT2D eigenvalue weighted by Gasteiger charge is -2.04. The summed E-state index contributed by atoms with van der Waals surface area (Å²) in [5.41, 5.74) is 7.78. The first kappa shape index (κ1) is 17.3. The molecule has 114 valence electrons. The van der Waals surface area contributed by atoms with Crippen molar-refractivity contribution in [1.82, 2.24) is 5.43 Å². The number of carbonyl (C=O) groups is 2. The Morgan fingerprint density at radius 1 is 1.14 bits per heavy atom. The number of nitrogens with two attached hydrogens (primary N) is 2. The molecule has 0 unspecified atom stereocenters. The molecule has 0 radical (unpaired) electrons. The fourth-order valence-corrected chi connectivity index (χ4v) is 1.39. The lowest BCUT2D eigenvalue weighted by atomic mass is 10.2. The van der Waals surface area contributed by atoms with Crippen LogP contribution in [-0.2, 0) is 0 Å². The Morgan fingerprint density at radius 2 is 1.77 bits per heavy atom. The summed E-state index contributed by atoms with van der Waals surface area (Å²) in [7, 11) is 0. The molecule has 0 atom stereocenters. The van der Waals surface area contributed by atoms with Crippen LogP contribution in [0.1, 0.15) is 20.7 Å². The van der Waals surface area contributed by atoms with Crippen LogP contribution in [0.15, 0.2) is 54.6 Å². The van der Waals surface area contributed by atoms with Crippen molar-refractivity contribution < 1.29 is 14.3 Å². The number of hydrogen-bond acceptors (Lipinski definition) is 5. The summed E-state index contributed by atoms with van der Waals surface area (Å²) in [5, 5.41) is 0.116. The molecule has 5 N–H and O–H groups in total. The maximum absolute atomic E-state index is 11.7. The number of hydrogen-bond donors (Lipinski definition) is 3. The predicted octanol–water partition coefficient (Wildman–Crippen LogP) is 1.41.